The molecule has 1 fully saturated rings. The number of aromatic nitrogens is 2. The molecule has 1 N–H and O–H groups in total. The van der Waals surface area contributed by atoms with Crippen LogP contribution in [0.25, 0.3) is 11.0 Å². The van der Waals surface area contributed by atoms with Crippen molar-refractivity contribution in [3.63, 3.8) is 0 Å². The Balaban J connectivity index is 1.91. The highest BCUT2D eigenvalue weighted by molar-refractivity contribution is 5.76. The molecule has 20 heavy (non-hydrogen) atoms. The molecule has 4 nitrogen and oxygen atoms in total. The number of benzene rings is 1. The van der Waals surface area contributed by atoms with Gasteiger partial charge in [-0.3, -0.25) is 4.90 Å². The predicted molar refractivity (Wildman–Crippen MR) is 82.9 cm³/mol. The third-order valence-corrected chi connectivity index (χ3v) is 3.98. The number of hydrogen-bond acceptors (Lipinski definition) is 3. The molecule has 0 radical (unpaired) electrons. The predicted octanol–water partition coefficient (Wildman–Crippen LogP) is 2.41. The lowest BCUT2D eigenvalue weighted by atomic mass is 10.3. The molecule has 0 spiro atoms. The van der Waals surface area contributed by atoms with Gasteiger partial charge in [-0.15, -0.1) is 0 Å². The quantitative estimate of drug-likeness (QED) is 0.931. The lowest BCUT2D eigenvalue weighted by Crippen LogP contribution is -2.29. The number of rotatable bonds is 3. The Morgan fingerprint density at radius 3 is 2.90 bits per heavy atom. The molecule has 3 rings (SSSR count). The van der Waals surface area contributed by atoms with Gasteiger partial charge in [0, 0.05) is 19.1 Å². The third kappa shape index (κ3) is 2.72. The second-order valence-electron chi connectivity index (χ2n) is 5.86. The third-order valence-electron chi connectivity index (χ3n) is 3.98. The second kappa shape index (κ2) is 5.94. The first kappa shape index (κ1) is 13.6. The van der Waals surface area contributed by atoms with Crippen LogP contribution < -0.4 is 5.32 Å². The molecule has 2 aromatic rings. The van der Waals surface area contributed by atoms with Crippen molar-refractivity contribution in [3.8, 4) is 0 Å². The van der Waals surface area contributed by atoms with E-state index in [1.165, 1.54) is 17.8 Å². The summed E-state index contributed by atoms with van der Waals surface area (Å²) < 4.78 is 2.38. The van der Waals surface area contributed by atoms with E-state index in [0.717, 1.165) is 38.2 Å². The highest BCUT2D eigenvalue weighted by Gasteiger charge is 2.16. The number of hydrogen-bond donors (Lipinski definition) is 1. The molecular weight excluding hydrogens is 248 g/mol. The summed E-state index contributed by atoms with van der Waals surface area (Å²) in [6, 6.07) is 8.90. The minimum absolute atomic E-state index is 0.447. The summed E-state index contributed by atoms with van der Waals surface area (Å²) >= 11 is 0. The van der Waals surface area contributed by atoms with E-state index >= 15 is 0 Å². The average Bonchev–Trinajstić information content (AvgIpc) is 2.60. The molecule has 1 aliphatic heterocycles. The minimum atomic E-state index is 0.447. The van der Waals surface area contributed by atoms with Gasteiger partial charge in [0.05, 0.1) is 17.6 Å². The van der Waals surface area contributed by atoms with Crippen molar-refractivity contribution in [1.29, 1.82) is 0 Å². The van der Waals surface area contributed by atoms with Gasteiger partial charge in [-0.1, -0.05) is 12.1 Å². The zero-order valence-corrected chi connectivity index (χ0v) is 12.5. The number of nitrogens with one attached hydrogen (secondary N) is 1. The maximum absolute atomic E-state index is 4.86. The van der Waals surface area contributed by atoms with Crippen molar-refractivity contribution in [2.75, 3.05) is 26.2 Å². The van der Waals surface area contributed by atoms with E-state index in [2.05, 4.69) is 52.9 Å². The van der Waals surface area contributed by atoms with Crippen LogP contribution in [0.2, 0.25) is 0 Å². The van der Waals surface area contributed by atoms with Crippen LogP contribution in [-0.2, 0) is 6.54 Å². The van der Waals surface area contributed by atoms with Crippen molar-refractivity contribution >= 4 is 11.0 Å². The molecule has 2 heterocycles. The normalized spacial score (nSPS) is 17.8. The number of fused-ring (bicyclic) bond motifs is 1. The summed E-state index contributed by atoms with van der Waals surface area (Å²) in [5.41, 5.74) is 2.37. The van der Waals surface area contributed by atoms with Crippen LogP contribution in [0.3, 0.4) is 0 Å². The highest BCUT2D eigenvalue weighted by atomic mass is 15.2. The van der Waals surface area contributed by atoms with Gasteiger partial charge in [-0.05, 0) is 45.5 Å². The summed E-state index contributed by atoms with van der Waals surface area (Å²) in [6.07, 6.45) is 1.22. The average molecular weight is 272 g/mol. The topological polar surface area (TPSA) is 33.1 Å². The molecular formula is C16H24N4. The van der Waals surface area contributed by atoms with Crippen molar-refractivity contribution in [3.05, 3.63) is 30.1 Å². The van der Waals surface area contributed by atoms with Gasteiger partial charge in [-0.2, -0.15) is 0 Å². The molecule has 0 atom stereocenters. The van der Waals surface area contributed by atoms with Crippen molar-refractivity contribution < 1.29 is 0 Å². The fraction of sp³-hybridized carbons (Fsp3) is 0.562. The Morgan fingerprint density at radius 2 is 2.05 bits per heavy atom. The van der Waals surface area contributed by atoms with Crippen LogP contribution in [0, 0.1) is 0 Å². The van der Waals surface area contributed by atoms with Crippen LogP contribution in [-0.4, -0.2) is 40.6 Å². The smallest absolute Gasteiger partial charge is 0.124 e. The largest absolute Gasteiger partial charge is 0.324 e. The molecule has 108 valence electrons. The Morgan fingerprint density at radius 1 is 1.20 bits per heavy atom. The van der Waals surface area contributed by atoms with E-state index < -0.39 is 0 Å². The van der Waals surface area contributed by atoms with E-state index in [1.54, 1.807) is 0 Å². The molecule has 0 unspecified atom stereocenters. The van der Waals surface area contributed by atoms with E-state index in [0.29, 0.717) is 6.04 Å². The highest BCUT2D eigenvalue weighted by Crippen LogP contribution is 2.22. The molecule has 0 amide bonds. The van der Waals surface area contributed by atoms with Gasteiger partial charge in [0.25, 0.3) is 0 Å². The zero-order valence-electron chi connectivity index (χ0n) is 12.5. The monoisotopic (exact) mass is 272 g/mol. The van der Waals surface area contributed by atoms with E-state index in [4.69, 9.17) is 4.98 Å². The van der Waals surface area contributed by atoms with E-state index in [9.17, 15) is 0 Å². The minimum Gasteiger partial charge on any atom is -0.324 e. The summed E-state index contributed by atoms with van der Waals surface area (Å²) in [5, 5.41) is 3.46. The second-order valence-corrected chi connectivity index (χ2v) is 5.86. The van der Waals surface area contributed by atoms with Gasteiger partial charge in [-0.25, -0.2) is 4.98 Å². The Hall–Kier alpha value is -1.39. The molecule has 1 aliphatic rings. The summed E-state index contributed by atoms with van der Waals surface area (Å²) in [7, 11) is 0. The first-order valence-electron chi connectivity index (χ1n) is 7.64. The molecule has 4 heteroatoms. The maximum Gasteiger partial charge on any atom is 0.124 e. The number of imidazole rings is 1. The fourth-order valence-corrected chi connectivity index (χ4v) is 3.04. The van der Waals surface area contributed by atoms with Crippen LogP contribution in [0.5, 0.6) is 0 Å². The maximum atomic E-state index is 4.86. The molecule has 0 bridgehead atoms. The van der Waals surface area contributed by atoms with E-state index in [-0.39, 0.29) is 0 Å². The Bertz CT molecular complexity index is 565. The van der Waals surface area contributed by atoms with Crippen molar-refractivity contribution in [2.24, 2.45) is 0 Å². The molecule has 1 aromatic heterocycles. The van der Waals surface area contributed by atoms with Gasteiger partial charge < -0.3 is 9.88 Å². The van der Waals surface area contributed by atoms with Gasteiger partial charge in [0.2, 0.25) is 0 Å². The summed E-state index contributed by atoms with van der Waals surface area (Å²) in [6.45, 7) is 9.92. The van der Waals surface area contributed by atoms with Crippen LogP contribution >= 0.6 is 0 Å². The fourth-order valence-electron chi connectivity index (χ4n) is 3.04. The molecule has 1 saturated heterocycles. The lowest BCUT2D eigenvalue weighted by Gasteiger charge is -2.21. The van der Waals surface area contributed by atoms with E-state index in [1.807, 2.05) is 0 Å². The number of nitrogens with zero attached hydrogens (tertiary/aromatic N) is 3. The van der Waals surface area contributed by atoms with Crippen molar-refractivity contribution in [2.45, 2.75) is 32.9 Å². The van der Waals surface area contributed by atoms with Gasteiger partial charge in [0.15, 0.2) is 0 Å². The Labute approximate surface area is 120 Å². The summed E-state index contributed by atoms with van der Waals surface area (Å²) in [4.78, 5) is 7.37. The summed E-state index contributed by atoms with van der Waals surface area (Å²) in [5.74, 6) is 1.20. The van der Waals surface area contributed by atoms with Crippen LogP contribution in [0.15, 0.2) is 24.3 Å². The zero-order chi connectivity index (χ0) is 13.9. The van der Waals surface area contributed by atoms with Crippen LogP contribution in [0.1, 0.15) is 32.1 Å². The Kier molecular flexibility index (Phi) is 4.03. The standard InChI is InChI=1S/C16H24N4/c1-13(2)20-15-7-4-3-6-14(15)18-16(20)12-19-10-5-8-17-9-11-19/h3-4,6-7,13,17H,5,8-12H2,1-2H3. The SMILES string of the molecule is CC(C)n1c(CN2CCCNCC2)nc2ccccc21. The first-order chi connectivity index (χ1) is 9.75. The first-order valence-corrected chi connectivity index (χ1v) is 7.64. The lowest BCUT2D eigenvalue weighted by molar-refractivity contribution is 0.271. The van der Waals surface area contributed by atoms with Gasteiger partial charge >= 0.3 is 0 Å². The molecule has 0 aliphatic carbocycles. The van der Waals surface area contributed by atoms with Crippen molar-refractivity contribution in [1.82, 2.24) is 19.8 Å². The molecule has 0 saturated carbocycles. The van der Waals surface area contributed by atoms with Gasteiger partial charge in [0.1, 0.15) is 5.82 Å². The number of para-hydroxylation sites is 2. The van der Waals surface area contributed by atoms with Crippen LogP contribution in [0.4, 0.5) is 0 Å². The molecule has 1 aromatic carbocycles.